The summed E-state index contributed by atoms with van der Waals surface area (Å²) >= 11 is 13.4. The van der Waals surface area contributed by atoms with Gasteiger partial charge in [-0.3, -0.25) is 0 Å². The molecule has 0 saturated heterocycles. The minimum atomic E-state index is 0.234. The molecular formula is C11H17Cl2NOS. The molecule has 0 aliphatic carbocycles. The second-order valence-corrected chi connectivity index (χ2v) is 5.79. The molecule has 0 saturated carbocycles. The van der Waals surface area contributed by atoms with E-state index in [-0.39, 0.29) is 6.04 Å². The smallest absolute Gasteiger partial charge is 0.0991 e. The van der Waals surface area contributed by atoms with Gasteiger partial charge in [-0.1, -0.05) is 23.2 Å². The highest BCUT2D eigenvalue weighted by atomic mass is 35.5. The van der Waals surface area contributed by atoms with Gasteiger partial charge in [-0.05, 0) is 38.4 Å². The summed E-state index contributed by atoms with van der Waals surface area (Å²) in [6.45, 7) is 6.59. The molecule has 0 radical (unpaired) electrons. The van der Waals surface area contributed by atoms with E-state index in [2.05, 4.69) is 12.2 Å². The third-order valence-corrected chi connectivity index (χ3v) is 3.79. The zero-order valence-corrected chi connectivity index (χ0v) is 11.9. The van der Waals surface area contributed by atoms with Crippen LogP contribution in [0.15, 0.2) is 6.07 Å². The molecule has 1 N–H and O–H groups in total. The lowest BCUT2D eigenvalue weighted by Crippen LogP contribution is -2.20. The zero-order valence-electron chi connectivity index (χ0n) is 9.56. The van der Waals surface area contributed by atoms with Crippen molar-refractivity contribution in [1.29, 1.82) is 0 Å². The van der Waals surface area contributed by atoms with Crippen LogP contribution in [0.2, 0.25) is 8.67 Å². The molecule has 16 heavy (non-hydrogen) atoms. The molecule has 0 amide bonds. The topological polar surface area (TPSA) is 21.3 Å². The van der Waals surface area contributed by atoms with E-state index in [9.17, 15) is 0 Å². The Bertz CT molecular complexity index is 317. The summed E-state index contributed by atoms with van der Waals surface area (Å²) in [7, 11) is 0. The molecule has 1 atom stereocenters. The monoisotopic (exact) mass is 281 g/mol. The fourth-order valence-corrected chi connectivity index (χ4v) is 3.04. The third kappa shape index (κ3) is 4.60. The lowest BCUT2D eigenvalue weighted by Gasteiger charge is -2.12. The Hall–Kier alpha value is 0.200. The maximum Gasteiger partial charge on any atom is 0.0991 e. The predicted octanol–water partition coefficient (Wildman–Crippen LogP) is 4.13. The average molecular weight is 282 g/mol. The Labute approximate surface area is 111 Å². The Morgan fingerprint density at radius 2 is 2.25 bits per heavy atom. The van der Waals surface area contributed by atoms with Crippen LogP contribution in [0.25, 0.3) is 0 Å². The molecule has 1 heterocycles. The summed E-state index contributed by atoms with van der Waals surface area (Å²) in [5.74, 6) is 0. The summed E-state index contributed by atoms with van der Waals surface area (Å²) in [5, 5.41) is 3.40. The molecule has 2 nitrogen and oxygen atoms in total. The van der Waals surface area contributed by atoms with Crippen molar-refractivity contribution in [3.05, 3.63) is 20.3 Å². The van der Waals surface area contributed by atoms with Crippen LogP contribution in [-0.2, 0) is 4.74 Å². The van der Waals surface area contributed by atoms with Gasteiger partial charge in [-0.15, -0.1) is 11.3 Å². The summed E-state index contributed by atoms with van der Waals surface area (Å²) in [4.78, 5) is 0. The zero-order chi connectivity index (χ0) is 12.0. The van der Waals surface area contributed by atoms with Crippen LogP contribution in [0.5, 0.6) is 0 Å². The van der Waals surface area contributed by atoms with Gasteiger partial charge in [0.1, 0.15) is 0 Å². The summed E-state index contributed by atoms with van der Waals surface area (Å²) in [6, 6.07) is 2.16. The molecule has 92 valence electrons. The molecule has 1 aromatic heterocycles. The second-order valence-electron chi connectivity index (χ2n) is 3.51. The van der Waals surface area contributed by atoms with Crippen LogP contribution >= 0.6 is 34.5 Å². The van der Waals surface area contributed by atoms with E-state index in [0.717, 1.165) is 40.4 Å². The first kappa shape index (κ1) is 14.3. The van der Waals surface area contributed by atoms with Crippen molar-refractivity contribution >= 4 is 34.5 Å². The van der Waals surface area contributed by atoms with E-state index in [0.29, 0.717) is 0 Å². The number of thiophene rings is 1. The SMILES string of the molecule is CCOCCCNC(C)c1cc(Cl)sc1Cl. The van der Waals surface area contributed by atoms with Crippen LogP contribution in [0.3, 0.4) is 0 Å². The first-order valence-corrected chi connectivity index (χ1v) is 6.98. The highest BCUT2D eigenvalue weighted by Crippen LogP contribution is 2.34. The summed E-state index contributed by atoms with van der Waals surface area (Å²) < 4.78 is 6.78. The van der Waals surface area contributed by atoms with Crippen LogP contribution in [0, 0.1) is 0 Å². The van der Waals surface area contributed by atoms with Gasteiger partial charge in [0.05, 0.1) is 8.67 Å². The van der Waals surface area contributed by atoms with E-state index in [1.54, 1.807) is 0 Å². The maximum atomic E-state index is 6.07. The second kappa shape index (κ2) is 7.51. The van der Waals surface area contributed by atoms with Gasteiger partial charge in [0, 0.05) is 19.3 Å². The fourth-order valence-electron chi connectivity index (χ4n) is 1.40. The van der Waals surface area contributed by atoms with Gasteiger partial charge in [0.15, 0.2) is 0 Å². The third-order valence-electron chi connectivity index (χ3n) is 2.27. The normalized spacial score (nSPS) is 13.0. The molecule has 1 aromatic rings. The summed E-state index contributed by atoms with van der Waals surface area (Å²) in [5.41, 5.74) is 1.08. The fraction of sp³-hybridized carbons (Fsp3) is 0.636. The number of hydrogen-bond acceptors (Lipinski definition) is 3. The Morgan fingerprint density at radius 3 is 2.81 bits per heavy atom. The van der Waals surface area contributed by atoms with Crippen molar-refractivity contribution in [1.82, 2.24) is 5.32 Å². The van der Waals surface area contributed by atoms with E-state index in [1.165, 1.54) is 11.3 Å². The van der Waals surface area contributed by atoms with Crippen LogP contribution in [0.4, 0.5) is 0 Å². The Morgan fingerprint density at radius 1 is 1.50 bits per heavy atom. The minimum absolute atomic E-state index is 0.234. The van der Waals surface area contributed by atoms with Crippen molar-refractivity contribution < 1.29 is 4.74 Å². The van der Waals surface area contributed by atoms with Crippen molar-refractivity contribution in [3.63, 3.8) is 0 Å². The van der Waals surface area contributed by atoms with Gasteiger partial charge < -0.3 is 10.1 Å². The highest BCUT2D eigenvalue weighted by molar-refractivity contribution is 7.20. The molecule has 1 rings (SSSR count). The number of rotatable bonds is 7. The van der Waals surface area contributed by atoms with Crippen LogP contribution in [-0.4, -0.2) is 19.8 Å². The van der Waals surface area contributed by atoms with Gasteiger partial charge in [-0.25, -0.2) is 0 Å². The molecule has 0 spiro atoms. The Balaban J connectivity index is 2.29. The average Bonchev–Trinajstić information content (AvgIpc) is 2.57. The van der Waals surface area contributed by atoms with Gasteiger partial charge in [0.2, 0.25) is 0 Å². The molecule has 0 aliphatic rings. The van der Waals surface area contributed by atoms with Gasteiger partial charge in [0.25, 0.3) is 0 Å². The van der Waals surface area contributed by atoms with Crippen LogP contribution < -0.4 is 5.32 Å². The molecule has 0 aromatic carbocycles. The van der Waals surface area contributed by atoms with Crippen molar-refractivity contribution in [2.45, 2.75) is 26.3 Å². The molecule has 5 heteroatoms. The number of hydrogen-bond donors (Lipinski definition) is 1. The molecular weight excluding hydrogens is 265 g/mol. The molecule has 0 aliphatic heterocycles. The summed E-state index contributed by atoms with van der Waals surface area (Å²) in [6.07, 6.45) is 1.01. The standard InChI is InChI=1S/C11H17Cl2NOS/c1-3-15-6-4-5-14-8(2)9-7-10(12)16-11(9)13/h7-8,14H,3-6H2,1-2H3. The Kier molecular flexibility index (Phi) is 6.70. The number of halogens is 2. The molecule has 0 fully saturated rings. The molecule has 1 unspecified atom stereocenters. The van der Waals surface area contributed by atoms with E-state index in [4.69, 9.17) is 27.9 Å². The first-order valence-electron chi connectivity index (χ1n) is 5.41. The van der Waals surface area contributed by atoms with E-state index >= 15 is 0 Å². The minimum Gasteiger partial charge on any atom is -0.382 e. The van der Waals surface area contributed by atoms with E-state index < -0.39 is 0 Å². The number of nitrogens with one attached hydrogen (secondary N) is 1. The lowest BCUT2D eigenvalue weighted by molar-refractivity contribution is 0.144. The van der Waals surface area contributed by atoms with Crippen molar-refractivity contribution in [3.8, 4) is 0 Å². The van der Waals surface area contributed by atoms with Crippen LogP contribution in [0.1, 0.15) is 31.9 Å². The van der Waals surface area contributed by atoms with E-state index in [1.807, 2.05) is 13.0 Å². The maximum absolute atomic E-state index is 6.07. The highest BCUT2D eigenvalue weighted by Gasteiger charge is 2.12. The van der Waals surface area contributed by atoms with Gasteiger partial charge in [-0.2, -0.15) is 0 Å². The quantitative estimate of drug-likeness (QED) is 0.759. The van der Waals surface area contributed by atoms with Crippen molar-refractivity contribution in [2.24, 2.45) is 0 Å². The molecule has 0 bridgehead atoms. The van der Waals surface area contributed by atoms with Gasteiger partial charge >= 0.3 is 0 Å². The first-order chi connectivity index (χ1) is 7.65. The number of ether oxygens (including phenoxy) is 1. The largest absolute Gasteiger partial charge is 0.382 e. The van der Waals surface area contributed by atoms with Crippen molar-refractivity contribution in [2.75, 3.05) is 19.8 Å². The lowest BCUT2D eigenvalue weighted by atomic mass is 10.2. The predicted molar refractivity (Wildman–Crippen MR) is 71.9 cm³/mol.